The van der Waals surface area contributed by atoms with Crippen molar-refractivity contribution in [2.45, 2.75) is 43.9 Å². The van der Waals surface area contributed by atoms with Gasteiger partial charge in [0.1, 0.15) is 0 Å². The number of carbonyl (C=O) groups excluding carboxylic acids is 1. The van der Waals surface area contributed by atoms with Gasteiger partial charge in [0.25, 0.3) is 15.9 Å². The van der Waals surface area contributed by atoms with E-state index in [9.17, 15) is 13.2 Å². The minimum Gasteiger partial charge on any atom is -0.352 e. The molecular formula is C23H30ClN3O3S. The molecular weight excluding hydrogens is 434 g/mol. The lowest BCUT2D eigenvalue weighted by molar-refractivity contribution is 0.0952. The van der Waals surface area contributed by atoms with Crippen molar-refractivity contribution in [3.8, 4) is 0 Å². The summed E-state index contributed by atoms with van der Waals surface area (Å²) in [6.07, 6.45) is 6.01. The molecule has 2 aromatic carbocycles. The van der Waals surface area contributed by atoms with Gasteiger partial charge in [-0.15, -0.1) is 0 Å². The monoisotopic (exact) mass is 463 g/mol. The Balaban J connectivity index is 1.53. The third kappa shape index (κ3) is 6.95. The number of aryl methyl sites for hydroxylation is 1. The van der Waals surface area contributed by atoms with Gasteiger partial charge >= 0.3 is 0 Å². The Morgan fingerprint density at radius 1 is 1.03 bits per heavy atom. The highest BCUT2D eigenvalue weighted by Gasteiger charge is 2.16. The zero-order valence-electron chi connectivity index (χ0n) is 17.9. The molecule has 1 aliphatic heterocycles. The van der Waals surface area contributed by atoms with Crippen LogP contribution in [0.25, 0.3) is 0 Å². The normalized spacial score (nSPS) is 15.3. The third-order valence-corrected chi connectivity index (χ3v) is 7.14. The molecule has 1 amide bonds. The highest BCUT2D eigenvalue weighted by Crippen LogP contribution is 2.23. The van der Waals surface area contributed by atoms with Crippen LogP contribution in [0.4, 0.5) is 5.69 Å². The predicted octanol–water partition coefficient (Wildman–Crippen LogP) is 4.45. The van der Waals surface area contributed by atoms with E-state index in [2.05, 4.69) is 14.9 Å². The van der Waals surface area contributed by atoms with Crippen molar-refractivity contribution in [2.24, 2.45) is 0 Å². The zero-order valence-corrected chi connectivity index (χ0v) is 19.4. The van der Waals surface area contributed by atoms with Crippen molar-refractivity contribution in [2.75, 3.05) is 30.9 Å². The highest BCUT2D eigenvalue weighted by atomic mass is 35.5. The summed E-state index contributed by atoms with van der Waals surface area (Å²) >= 11 is 6.27. The van der Waals surface area contributed by atoms with Crippen LogP contribution in [0, 0.1) is 6.92 Å². The average Bonchev–Trinajstić information content (AvgIpc) is 3.00. The van der Waals surface area contributed by atoms with E-state index in [-0.39, 0.29) is 15.8 Å². The van der Waals surface area contributed by atoms with Crippen LogP contribution < -0.4 is 10.0 Å². The van der Waals surface area contributed by atoms with Crippen LogP contribution in [0.2, 0.25) is 5.02 Å². The number of benzene rings is 2. The summed E-state index contributed by atoms with van der Waals surface area (Å²) in [6.45, 7) is 5.73. The highest BCUT2D eigenvalue weighted by molar-refractivity contribution is 7.92. The Kier molecular flexibility index (Phi) is 8.35. The number of amides is 1. The first-order valence-corrected chi connectivity index (χ1v) is 12.6. The lowest BCUT2D eigenvalue weighted by Crippen LogP contribution is -2.30. The summed E-state index contributed by atoms with van der Waals surface area (Å²) in [7, 11) is -3.72. The number of halogens is 1. The Morgan fingerprint density at radius 2 is 1.71 bits per heavy atom. The molecule has 0 radical (unpaired) electrons. The molecule has 31 heavy (non-hydrogen) atoms. The van der Waals surface area contributed by atoms with Gasteiger partial charge in [-0.3, -0.25) is 9.52 Å². The molecule has 1 aliphatic rings. The van der Waals surface area contributed by atoms with Gasteiger partial charge in [-0.2, -0.15) is 0 Å². The third-order valence-electron chi connectivity index (χ3n) is 5.43. The first-order chi connectivity index (χ1) is 14.8. The number of nitrogens with one attached hydrogen (secondary N) is 2. The van der Waals surface area contributed by atoms with Crippen molar-refractivity contribution >= 4 is 33.2 Å². The molecule has 8 heteroatoms. The summed E-state index contributed by atoms with van der Waals surface area (Å²) in [5.74, 6) is -0.256. The topological polar surface area (TPSA) is 78.5 Å². The van der Waals surface area contributed by atoms with E-state index in [0.717, 1.165) is 31.6 Å². The second kappa shape index (κ2) is 11.0. The van der Waals surface area contributed by atoms with E-state index in [1.807, 2.05) is 6.92 Å². The second-order valence-corrected chi connectivity index (χ2v) is 10.1. The number of carbonyl (C=O) groups is 1. The fourth-order valence-electron chi connectivity index (χ4n) is 3.65. The molecule has 168 valence electrons. The summed E-state index contributed by atoms with van der Waals surface area (Å²) in [6, 6.07) is 11.1. The molecule has 0 saturated carbocycles. The smallest absolute Gasteiger partial charge is 0.261 e. The van der Waals surface area contributed by atoms with Gasteiger partial charge in [-0.1, -0.05) is 42.1 Å². The van der Waals surface area contributed by atoms with Crippen LogP contribution >= 0.6 is 11.6 Å². The van der Waals surface area contributed by atoms with Gasteiger partial charge in [0, 0.05) is 6.54 Å². The SMILES string of the molecule is Cc1ccc(S(=O)(=O)Nc2ccc(C(=O)NCCCN3CCCCCC3)c(Cl)c2)cc1. The second-order valence-electron chi connectivity index (χ2n) is 7.98. The van der Waals surface area contributed by atoms with Crippen LogP contribution in [0.15, 0.2) is 47.4 Å². The van der Waals surface area contributed by atoms with E-state index in [0.29, 0.717) is 17.8 Å². The van der Waals surface area contributed by atoms with Gasteiger partial charge < -0.3 is 10.2 Å². The first-order valence-electron chi connectivity index (χ1n) is 10.7. The van der Waals surface area contributed by atoms with Crippen molar-refractivity contribution < 1.29 is 13.2 Å². The maximum absolute atomic E-state index is 12.5. The zero-order chi connectivity index (χ0) is 22.3. The first kappa shape index (κ1) is 23.6. The lowest BCUT2D eigenvalue weighted by Gasteiger charge is -2.19. The average molecular weight is 464 g/mol. The van der Waals surface area contributed by atoms with Gasteiger partial charge in [-0.25, -0.2) is 8.42 Å². The number of hydrogen-bond donors (Lipinski definition) is 2. The van der Waals surface area contributed by atoms with Crippen molar-refractivity contribution in [3.63, 3.8) is 0 Å². The molecule has 0 aliphatic carbocycles. The van der Waals surface area contributed by atoms with E-state index in [1.54, 1.807) is 36.4 Å². The van der Waals surface area contributed by atoms with Crippen LogP contribution in [-0.4, -0.2) is 45.4 Å². The van der Waals surface area contributed by atoms with Gasteiger partial charge in [-0.05, 0) is 76.2 Å². The Labute approximate surface area is 190 Å². The molecule has 1 heterocycles. The Morgan fingerprint density at radius 3 is 2.35 bits per heavy atom. The van der Waals surface area contributed by atoms with Crippen LogP contribution in [0.5, 0.6) is 0 Å². The summed E-state index contributed by atoms with van der Waals surface area (Å²) in [5.41, 5.74) is 1.61. The van der Waals surface area contributed by atoms with Gasteiger partial charge in [0.2, 0.25) is 0 Å². The van der Waals surface area contributed by atoms with Crippen LogP contribution in [-0.2, 0) is 10.0 Å². The molecule has 2 aromatic rings. The number of nitrogens with zero attached hydrogens (tertiary/aromatic N) is 1. The minimum absolute atomic E-state index is 0.167. The van der Waals surface area contributed by atoms with Crippen LogP contribution in [0.3, 0.4) is 0 Å². The fourth-order valence-corrected chi connectivity index (χ4v) is 4.97. The van der Waals surface area contributed by atoms with E-state index in [1.165, 1.54) is 31.7 Å². The minimum atomic E-state index is -3.72. The lowest BCUT2D eigenvalue weighted by atomic mass is 10.2. The molecule has 0 unspecified atom stereocenters. The summed E-state index contributed by atoms with van der Waals surface area (Å²) in [4.78, 5) is 15.1. The number of likely N-dealkylation sites (tertiary alicyclic amines) is 1. The summed E-state index contributed by atoms with van der Waals surface area (Å²) < 4.78 is 27.6. The molecule has 6 nitrogen and oxygen atoms in total. The Hall–Kier alpha value is -2.09. The van der Waals surface area contributed by atoms with Crippen LogP contribution in [0.1, 0.15) is 48.0 Å². The number of hydrogen-bond acceptors (Lipinski definition) is 4. The molecule has 0 aromatic heterocycles. The van der Waals surface area contributed by atoms with E-state index < -0.39 is 10.0 Å². The number of rotatable bonds is 8. The molecule has 3 rings (SSSR count). The number of anilines is 1. The quantitative estimate of drug-likeness (QED) is 0.567. The largest absolute Gasteiger partial charge is 0.352 e. The maximum Gasteiger partial charge on any atom is 0.261 e. The molecule has 0 bridgehead atoms. The molecule has 0 atom stereocenters. The van der Waals surface area contributed by atoms with Crippen molar-refractivity contribution in [3.05, 3.63) is 58.6 Å². The molecule has 2 N–H and O–H groups in total. The molecule has 1 fully saturated rings. The maximum atomic E-state index is 12.5. The van der Waals surface area contributed by atoms with E-state index >= 15 is 0 Å². The Bertz CT molecular complexity index is 986. The van der Waals surface area contributed by atoms with Crippen molar-refractivity contribution in [1.82, 2.24) is 10.2 Å². The van der Waals surface area contributed by atoms with E-state index in [4.69, 9.17) is 11.6 Å². The molecule has 1 saturated heterocycles. The number of sulfonamides is 1. The fraction of sp³-hybridized carbons (Fsp3) is 0.435. The standard InChI is InChI=1S/C23H30ClN3O3S/c1-18-7-10-20(11-8-18)31(29,30)26-19-9-12-21(22(24)17-19)23(28)25-13-6-16-27-14-4-2-3-5-15-27/h7-12,17,26H,2-6,13-16H2,1H3,(H,25,28). The van der Waals surface area contributed by atoms with Gasteiger partial charge in [0.05, 0.1) is 21.2 Å². The molecule has 0 spiro atoms. The predicted molar refractivity (Wildman–Crippen MR) is 125 cm³/mol. The summed E-state index contributed by atoms with van der Waals surface area (Å²) in [5, 5.41) is 3.11. The van der Waals surface area contributed by atoms with Gasteiger partial charge in [0.15, 0.2) is 0 Å². The van der Waals surface area contributed by atoms with Crippen molar-refractivity contribution in [1.29, 1.82) is 0 Å².